The van der Waals surface area contributed by atoms with E-state index in [0.29, 0.717) is 31.5 Å². The lowest BCUT2D eigenvalue weighted by Gasteiger charge is -2.38. The zero-order chi connectivity index (χ0) is 25.8. The van der Waals surface area contributed by atoms with E-state index in [2.05, 4.69) is 15.0 Å². The van der Waals surface area contributed by atoms with E-state index in [1.54, 1.807) is 6.07 Å². The van der Waals surface area contributed by atoms with Gasteiger partial charge in [0, 0.05) is 19.6 Å². The number of carboxylic acid groups (broad SMARTS) is 1. The van der Waals surface area contributed by atoms with E-state index in [0.717, 1.165) is 12.0 Å². The summed E-state index contributed by atoms with van der Waals surface area (Å²) < 4.78 is 29.6. The van der Waals surface area contributed by atoms with E-state index in [9.17, 15) is 23.1 Å². The second kappa shape index (κ2) is 11.3. The van der Waals surface area contributed by atoms with Gasteiger partial charge in [0.2, 0.25) is 15.9 Å². The lowest BCUT2D eigenvalue weighted by Crippen LogP contribution is -2.56. The molecular weight excluding hydrogens is 472 g/mol. The molecule has 0 aromatic heterocycles. The number of hydrogen-bond donors (Lipinski definition) is 5. The van der Waals surface area contributed by atoms with Gasteiger partial charge in [-0.1, -0.05) is 26.0 Å². The number of carbonyl (C=O) groups excluding carboxylic acids is 1. The van der Waals surface area contributed by atoms with Crippen molar-refractivity contribution in [1.82, 2.24) is 9.62 Å². The molecule has 2 aliphatic heterocycles. The van der Waals surface area contributed by atoms with Crippen LogP contribution in [0, 0.1) is 5.92 Å². The molecule has 1 aromatic carbocycles. The predicted octanol–water partition coefficient (Wildman–Crippen LogP) is 1.02. The van der Waals surface area contributed by atoms with Crippen LogP contribution in [-0.4, -0.2) is 68.0 Å². The average molecular weight is 509 g/mol. The zero-order valence-electron chi connectivity index (χ0n) is 20.2. The van der Waals surface area contributed by atoms with E-state index in [-0.39, 0.29) is 42.2 Å². The Kier molecular flexibility index (Phi) is 8.60. The number of benzene rings is 1. The standard InChI is InChI=1S/C23H36N6O5S/c1-14-9-12-29(18(13-14)22(31)32)21(30)17(6-4-10-27-23(24)25)28-35(33,34)19-7-3-5-16-15(2)8-11-26-20(16)19/h3,5,7,14-15,17-18,26,28H,4,6,8-13H2,1-2H3,(H,31,32)(H4,24,25,27)/t14-,15-,17+,18-/m1/s1. The molecule has 35 heavy (non-hydrogen) atoms. The molecule has 11 nitrogen and oxygen atoms in total. The lowest BCUT2D eigenvalue weighted by atomic mass is 9.91. The van der Waals surface area contributed by atoms with Crippen molar-refractivity contribution >= 4 is 33.5 Å². The van der Waals surface area contributed by atoms with Crippen molar-refractivity contribution in [2.75, 3.05) is 25.0 Å². The minimum absolute atomic E-state index is 0.0747. The van der Waals surface area contributed by atoms with Gasteiger partial charge in [0.05, 0.1) is 5.69 Å². The largest absolute Gasteiger partial charge is 0.480 e. The van der Waals surface area contributed by atoms with E-state index in [1.165, 1.54) is 11.0 Å². The number of guanidine groups is 1. The van der Waals surface area contributed by atoms with Crippen molar-refractivity contribution in [2.45, 2.75) is 68.8 Å². The highest BCUT2D eigenvalue weighted by molar-refractivity contribution is 7.89. The summed E-state index contributed by atoms with van der Waals surface area (Å²) in [5.74, 6) is -1.39. The SMILES string of the molecule is C[C@@H]1CCN(C(=O)[C@H](CCCN=C(N)N)NS(=O)(=O)c2cccc3c2NCC[C@H]3C)[C@@H](C(=O)O)C1. The number of nitrogens with two attached hydrogens (primary N) is 2. The number of para-hydroxylation sites is 1. The van der Waals surface area contributed by atoms with Crippen LogP contribution < -0.4 is 21.5 Å². The number of carbonyl (C=O) groups is 2. The van der Waals surface area contributed by atoms with Crippen LogP contribution in [-0.2, 0) is 19.6 Å². The van der Waals surface area contributed by atoms with Gasteiger partial charge in [-0.15, -0.1) is 0 Å². The van der Waals surface area contributed by atoms with E-state index in [1.807, 2.05) is 19.9 Å². The number of amides is 1. The minimum Gasteiger partial charge on any atom is -0.480 e. The first-order valence-electron chi connectivity index (χ1n) is 12.0. The Balaban J connectivity index is 1.89. The van der Waals surface area contributed by atoms with Crippen molar-refractivity contribution < 1.29 is 23.1 Å². The molecule has 0 bridgehead atoms. The number of piperidine rings is 1. The Labute approximate surface area is 206 Å². The Morgan fingerprint density at radius 1 is 1.29 bits per heavy atom. The maximum atomic E-state index is 13.5. The first-order valence-corrected chi connectivity index (χ1v) is 13.5. The number of carboxylic acids is 1. The van der Waals surface area contributed by atoms with Gasteiger partial charge in [-0.2, -0.15) is 4.72 Å². The Bertz CT molecular complexity index is 1070. The smallest absolute Gasteiger partial charge is 0.326 e. The second-order valence-corrected chi connectivity index (χ2v) is 11.2. The Morgan fingerprint density at radius 2 is 2.03 bits per heavy atom. The summed E-state index contributed by atoms with van der Waals surface area (Å²) in [5.41, 5.74) is 12.2. The molecule has 7 N–H and O–H groups in total. The van der Waals surface area contributed by atoms with Gasteiger partial charge in [0.15, 0.2) is 5.96 Å². The van der Waals surface area contributed by atoms with Crippen LogP contribution in [0.2, 0.25) is 0 Å². The molecule has 194 valence electrons. The highest BCUT2D eigenvalue weighted by atomic mass is 32.2. The van der Waals surface area contributed by atoms with Crippen LogP contribution in [0.5, 0.6) is 0 Å². The number of aliphatic carboxylic acids is 1. The van der Waals surface area contributed by atoms with Crippen molar-refractivity contribution in [1.29, 1.82) is 0 Å². The van der Waals surface area contributed by atoms with Crippen LogP contribution in [0.15, 0.2) is 28.1 Å². The van der Waals surface area contributed by atoms with E-state index >= 15 is 0 Å². The lowest BCUT2D eigenvalue weighted by molar-refractivity contribution is -0.153. The molecule has 0 aliphatic carbocycles. The maximum absolute atomic E-state index is 13.5. The quantitative estimate of drug-likeness (QED) is 0.186. The van der Waals surface area contributed by atoms with Crippen molar-refractivity contribution in [3.8, 4) is 0 Å². The van der Waals surface area contributed by atoms with Crippen molar-refractivity contribution in [3.05, 3.63) is 23.8 Å². The van der Waals surface area contributed by atoms with E-state index < -0.39 is 34.0 Å². The highest BCUT2D eigenvalue weighted by Gasteiger charge is 2.39. The van der Waals surface area contributed by atoms with Crippen LogP contribution in [0.3, 0.4) is 0 Å². The van der Waals surface area contributed by atoms with Crippen LogP contribution in [0.25, 0.3) is 0 Å². The summed E-state index contributed by atoms with van der Waals surface area (Å²) in [5, 5.41) is 12.9. The third kappa shape index (κ3) is 6.43. The number of sulfonamides is 1. The molecule has 0 radical (unpaired) electrons. The number of aliphatic imine (C=N–C) groups is 1. The van der Waals surface area contributed by atoms with Gasteiger partial charge in [0.25, 0.3) is 0 Å². The summed E-state index contributed by atoms with van der Waals surface area (Å²) in [6.07, 6.45) is 2.31. The summed E-state index contributed by atoms with van der Waals surface area (Å²) in [6.45, 7) is 5.10. The van der Waals surface area contributed by atoms with Gasteiger partial charge in [-0.3, -0.25) is 9.79 Å². The summed E-state index contributed by atoms with van der Waals surface area (Å²) in [4.78, 5) is 30.7. The van der Waals surface area contributed by atoms with Crippen LogP contribution >= 0.6 is 0 Å². The fraction of sp³-hybridized carbons (Fsp3) is 0.609. The van der Waals surface area contributed by atoms with Crippen LogP contribution in [0.1, 0.15) is 57.4 Å². The average Bonchev–Trinajstić information content (AvgIpc) is 2.80. The fourth-order valence-corrected chi connectivity index (χ4v) is 6.20. The van der Waals surface area contributed by atoms with Gasteiger partial charge in [-0.05, 0) is 55.6 Å². The molecule has 12 heteroatoms. The van der Waals surface area contributed by atoms with Crippen LogP contribution in [0.4, 0.5) is 5.69 Å². The van der Waals surface area contributed by atoms with Gasteiger partial charge in [-0.25, -0.2) is 13.2 Å². The molecule has 4 atom stereocenters. The number of anilines is 1. The third-order valence-electron chi connectivity index (χ3n) is 6.73. The molecule has 2 aliphatic rings. The minimum atomic E-state index is -4.10. The monoisotopic (exact) mass is 508 g/mol. The zero-order valence-corrected chi connectivity index (χ0v) is 21.1. The number of likely N-dealkylation sites (tertiary alicyclic amines) is 1. The molecule has 2 heterocycles. The third-order valence-corrected chi connectivity index (χ3v) is 8.25. The number of hydrogen-bond acceptors (Lipinski definition) is 6. The van der Waals surface area contributed by atoms with Gasteiger partial charge >= 0.3 is 5.97 Å². The topological polar surface area (TPSA) is 180 Å². The Morgan fingerprint density at radius 3 is 2.71 bits per heavy atom. The molecule has 1 saturated heterocycles. The normalized spacial score (nSPS) is 23.0. The molecule has 0 saturated carbocycles. The molecule has 0 spiro atoms. The van der Waals surface area contributed by atoms with E-state index in [4.69, 9.17) is 11.5 Å². The second-order valence-electron chi connectivity index (χ2n) is 9.47. The van der Waals surface area contributed by atoms with Gasteiger partial charge in [0.1, 0.15) is 17.0 Å². The molecular formula is C23H36N6O5S. The van der Waals surface area contributed by atoms with Crippen molar-refractivity contribution in [2.24, 2.45) is 22.4 Å². The molecule has 0 unspecified atom stereocenters. The number of fused-ring (bicyclic) bond motifs is 1. The summed E-state index contributed by atoms with van der Waals surface area (Å²) in [6, 6.07) is 2.95. The Hall–Kier alpha value is -2.86. The number of nitrogens with one attached hydrogen (secondary N) is 2. The highest BCUT2D eigenvalue weighted by Crippen LogP contribution is 2.36. The fourth-order valence-electron chi connectivity index (χ4n) is 4.77. The molecule has 3 rings (SSSR count). The molecule has 1 aromatic rings. The molecule has 1 amide bonds. The summed E-state index contributed by atoms with van der Waals surface area (Å²) in [7, 11) is -4.10. The first kappa shape index (κ1) is 26.7. The predicted molar refractivity (Wildman–Crippen MR) is 134 cm³/mol. The number of nitrogens with zero attached hydrogens (tertiary/aromatic N) is 2. The number of rotatable bonds is 9. The van der Waals surface area contributed by atoms with Gasteiger partial charge < -0.3 is 26.8 Å². The van der Waals surface area contributed by atoms with Crippen molar-refractivity contribution in [3.63, 3.8) is 0 Å². The summed E-state index contributed by atoms with van der Waals surface area (Å²) >= 11 is 0. The maximum Gasteiger partial charge on any atom is 0.326 e. The first-order chi connectivity index (χ1) is 16.5. The molecule has 1 fully saturated rings.